The lowest BCUT2D eigenvalue weighted by atomic mass is 10.0. The van der Waals surface area contributed by atoms with Gasteiger partial charge in [0.05, 0.1) is 22.8 Å². The van der Waals surface area contributed by atoms with Crippen molar-refractivity contribution >= 4 is 68.7 Å². The lowest BCUT2D eigenvalue weighted by Crippen LogP contribution is -2.46. The third-order valence-electron chi connectivity index (χ3n) is 11.8. The largest absolute Gasteiger partial charge is 0.329 e. The van der Waals surface area contributed by atoms with Crippen LogP contribution in [0.25, 0.3) is 22.5 Å². The number of anilines is 2. The van der Waals surface area contributed by atoms with E-state index in [1.54, 1.807) is 70.7 Å². The van der Waals surface area contributed by atoms with Crippen molar-refractivity contribution in [1.29, 1.82) is 0 Å². The molecule has 2 aromatic heterocycles. The van der Waals surface area contributed by atoms with Gasteiger partial charge in [-0.1, -0.05) is 84.9 Å². The molecular formula is C46H58Cl2N12O6S2. The predicted molar refractivity (Wildman–Crippen MR) is 270 cm³/mol. The van der Waals surface area contributed by atoms with Crippen molar-refractivity contribution in [2.75, 3.05) is 49.7 Å². The van der Waals surface area contributed by atoms with Gasteiger partial charge in [0.15, 0.2) is 0 Å². The van der Waals surface area contributed by atoms with Crippen LogP contribution in [-0.2, 0) is 33.5 Å². The van der Waals surface area contributed by atoms with Gasteiger partial charge < -0.3 is 9.80 Å². The molecule has 22 heteroatoms. The molecule has 0 aliphatic carbocycles. The number of benzene rings is 4. The van der Waals surface area contributed by atoms with Crippen LogP contribution in [-0.4, -0.2) is 120 Å². The summed E-state index contributed by atoms with van der Waals surface area (Å²) in [5.41, 5.74) is 5.73. The summed E-state index contributed by atoms with van der Waals surface area (Å²) in [4.78, 5) is 43.1. The second-order valence-electron chi connectivity index (χ2n) is 16.6. The maximum absolute atomic E-state index is 13.0. The average molecular weight is 1010 g/mol. The fourth-order valence-electron chi connectivity index (χ4n) is 8.25. The number of halogens is 2. The highest BCUT2D eigenvalue weighted by Crippen LogP contribution is 2.25. The summed E-state index contributed by atoms with van der Waals surface area (Å²) in [6, 6.07) is 34.3. The first kappa shape index (κ1) is 53.1. The summed E-state index contributed by atoms with van der Waals surface area (Å²) < 4.78 is 52.5. The van der Waals surface area contributed by atoms with Crippen molar-refractivity contribution in [3.05, 3.63) is 145 Å². The second kappa shape index (κ2) is 23.9. The van der Waals surface area contributed by atoms with Crippen LogP contribution in [0.4, 0.5) is 21.0 Å². The molecule has 364 valence electrons. The molecule has 6 aromatic rings. The van der Waals surface area contributed by atoms with Crippen molar-refractivity contribution in [2.45, 2.75) is 50.9 Å². The number of imidazole rings is 2. The molecule has 0 bridgehead atoms. The zero-order chi connectivity index (χ0) is 46.8. The van der Waals surface area contributed by atoms with Gasteiger partial charge in [0, 0.05) is 89.0 Å². The molecule has 68 heavy (non-hydrogen) atoms. The van der Waals surface area contributed by atoms with Gasteiger partial charge in [0.25, 0.3) is 20.4 Å². The van der Waals surface area contributed by atoms with Gasteiger partial charge in [-0.2, -0.15) is 16.8 Å². The molecular weight excluding hydrogens is 952 g/mol. The summed E-state index contributed by atoms with van der Waals surface area (Å²) in [7, 11) is -4.08. The maximum Gasteiger partial charge on any atom is 0.329 e. The Morgan fingerprint density at radius 3 is 1.26 bits per heavy atom. The normalized spacial score (nSPS) is 14.9. The smallest absolute Gasteiger partial charge is 0.324 e. The first-order valence-electron chi connectivity index (χ1n) is 21.5. The Kier molecular flexibility index (Phi) is 18.7. The molecule has 6 N–H and O–H groups in total. The standard InChI is InChI=1S/2C23H28N6O3S.2ClH/c2*1-27(21-10-12-28(13-11-21)15-18-6-3-2-4-7-18)23(30)29-16-22(25-17-29)19-8-5-9-20(14-19)26-33(24,31)32;;/h2*2-9,14,16-17,21,26H,10-13,15H2,1H3,(H2,24,31,32);2*1H. The monoisotopic (exact) mass is 1010 g/mol. The van der Waals surface area contributed by atoms with E-state index in [1.165, 1.54) is 32.9 Å². The van der Waals surface area contributed by atoms with Gasteiger partial charge in [-0.05, 0) is 61.1 Å². The van der Waals surface area contributed by atoms with Crippen molar-refractivity contribution < 1.29 is 26.4 Å². The minimum absolute atomic E-state index is 0. The van der Waals surface area contributed by atoms with Gasteiger partial charge >= 0.3 is 12.1 Å². The molecule has 18 nitrogen and oxygen atoms in total. The van der Waals surface area contributed by atoms with Gasteiger partial charge in [0.1, 0.15) is 12.7 Å². The Morgan fingerprint density at radius 1 is 0.574 bits per heavy atom. The molecule has 0 spiro atoms. The van der Waals surface area contributed by atoms with Gasteiger partial charge in [-0.25, -0.2) is 29.8 Å². The van der Waals surface area contributed by atoms with Crippen LogP contribution in [0.1, 0.15) is 36.8 Å². The van der Waals surface area contributed by atoms with E-state index in [-0.39, 0.29) is 49.0 Å². The van der Waals surface area contributed by atoms with Crippen molar-refractivity contribution in [3.8, 4) is 22.5 Å². The Hall–Kier alpha value is -5.84. The fourth-order valence-corrected chi connectivity index (χ4v) is 9.17. The molecule has 0 atom stereocenters. The lowest BCUT2D eigenvalue weighted by molar-refractivity contribution is 0.131. The van der Waals surface area contributed by atoms with Gasteiger partial charge in [0.2, 0.25) is 0 Å². The number of nitrogens with one attached hydrogen (secondary N) is 2. The van der Waals surface area contributed by atoms with Crippen molar-refractivity contribution in [2.24, 2.45) is 10.3 Å². The van der Waals surface area contributed by atoms with E-state index in [1.807, 2.05) is 26.2 Å². The Labute approximate surface area is 410 Å². The molecule has 0 unspecified atom stereocenters. The number of nitrogens with zero attached hydrogens (tertiary/aromatic N) is 8. The Bertz CT molecular complexity index is 2610. The number of nitrogens with two attached hydrogens (primary N) is 2. The number of rotatable bonds is 12. The number of amides is 2. The molecule has 2 aliphatic heterocycles. The highest BCUT2D eigenvalue weighted by molar-refractivity contribution is 7.90. The Morgan fingerprint density at radius 2 is 0.926 bits per heavy atom. The van der Waals surface area contributed by atoms with Crippen LogP contribution in [0.5, 0.6) is 0 Å². The summed E-state index contributed by atoms with van der Waals surface area (Å²) in [6.45, 7) is 5.61. The van der Waals surface area contributed by atoms with Gasteiger partial charge in [-0.15, -0.1) is 24.8 Å². The second-order valence-corrected chi connectivity index (χ2v) is 19.1. The number of hydrogen-bond donors (Lipinski definition) is 4. The van der Waals surface area contributed by atoms with E-state index in [0.717, 1.165) is 65.0 Å². The van der Waals surface area contributed by atoms with Crippen LogP contribution in [0, 0.1) is 0 Å². The zero-order valence-corrected chi connectivity index (χ0v) is 41.0. The number of carbonyl (C=O) groups excluding carboxylic acids is 2. The predicted octanol–water partition coefficient (Wildman–Crippen LogP) is 6.30. The molecule has 2 aliphatic rings. The minimum atomic E-state index is -3.87. The average Bonchev–Trinajstić information content (AvgIpc) is 4.01. The number of piperidine rings is 2. The Balaban J connectivity index is 0.000000247. The molecule has 2 fully saturated rings. The van der Waals surface area contributed by atoms with Crippen LogP contribution < -0.4 is 19.7 Å². The highest BCUT2D eigenvalue weighted by Gasteiger charge is 2.28. The third-order valence-corrected chi connectivity index (χ3v) is 12.8. The van der Waals surface area contributed by atoms with Crippen LogP contribution in [0.3, 0.4) is 0 Å². The third kappa shape index (κ3) is 15.1. The van der Waals surface area contributed by atoms with Crippen LogP contribution in [0.15, 0.2) is 134 Å². The number of aromatic nitrogens is 4. The molecule has 2 amide bonds. The topological polar surface area (TPSA) is 227 Å². The maximum atomic E-state index is 13.0. The van der Waals surface area contributed by atoms with E-state index in [4.69, 9.17) is 10.3 Å². The number of carbonyl (C=O) groups is 2. The molecule has 0 saturated carbocycles. The zero-order valence-electron chi connectivity index (χ0n) is 37.7. The van der Waals surface area contributed by atoms with Crippen LogP contribution in [0.2, 0.25) is 0 Å². The van der Waals surface area contributed by atoms with E-state index >= 15 is 0 Å². The first-order valence-corrected chi connectivity index (χ1v) is 24.6. The van der Waals surface area contributed by atoms with Crippen LogP contribution >= 0.6 is 24.8 Å². The molecule has 4 heterocycles. The van der Waals surface area contributed by atoms with E-state index in [2.05, 4.69) is 77.7 Å². The fraction of sp³-hybridized carbons (Fsp3) is 0.304. The van der Waals surface area contributed by atoms with Crippen molar-refractivity contribution in [3.63, 3.8) is 0 Å². The summed E-state index contributed by atoms with van der Waals surface area (Å²) in [5, 5.41) is 10.1. The minimum Gasteiger partial charge on any atom is -0.324 e. The lowest BCUT2D eigenvalue weighted by Gasteiger charge is -2.36. The van der Waals surface area contributed by atoms with Gasteiger partial charge in [-0.3, -0.25) is 28.4 Å². The molecule has 8 rings (SSSR count). The number of hydrogen-bond acceptors (Lipinski definition) is 10. The van der Waals surface area contributed by atoms with Crippen molar-refractivity contribution in [1.82, 2.24) is 38.7 Å². The SMILES string of the molecule is CN(C(=O)n1cnc(-c2cccc(NS(N)(=O)=O)c2)c1)C1CCN(Cc2ccccc2)CC1.CN(C(=O)n1cnc(-c2cccc(NS(N)(=O)=O)c2)c1)C1CCN(Cc2ccccc2)CC1.Cl.Cl. The quantitative estimate of drug-likeness (QED) is 0.107. The van der Waals surface area contributed by atoms with E-state index in [0.29, 0.717) is 33.9 Å². The molecule has 0 radical (unpaired) electrons. The molecule has 4 aromatic carbocycles. The highest BCUT2D eigenvalue weighted by atomic mass is 35.5. The first-order chi connectivity index (χ1) is 31.6. The van der Waals surface area contributed by atoms with E-state index < -0.39 is 20.4 Å². The summed E-state index contributed by atoms with van der Waals surface area (Å²) in [5.74, 6) is 0. The van der Waals surface area contributed by atoms with E-state index in [9.17, 15) is 26.4 Å². The summed E-state index contributed by atoms with van der Waals surface area (Å²) in [6.07, 6.45) is 9.93. The number of likely N-dealkylation sites (tertiary alicyclic amines) is 2. The molecule has 2 saturated heterocycles. The summed E-state index contributed by atoms with van der Waals surface area (Å²) >= 11 is 0.